The number of hydrogen-bond donors (Lipinski definition) is 4. The predicted octanol–water partition coefficient (Wildman–Crippen LogP) is 0.823. The number of carbonyl (C=O) groups excluding carboxylic acids is 4. The number of carbonyl (C=O) groups is 4. The number of nitrogens with one attached hydrogen (secondary N) is 2. The molecule has 0 aliphatic carbocycles. The molecule has 0 radical (unpaired) electrons. The van der Waals surface area contributed by atoms with Gasteiger partial charge < -0.3 is 15.2 Å². The molecule has 192 valence electrons. The number of amides is 3. The van der Waals surface area contributed by atoms with Crippen molar-refractivity contribution in [2.45, 2.75) is 71.1 Å². The molecule has 1 heterocycles. The van der Waals surface area contributed by atoms with Crippen LogP contribution < -0.4 is 10.6 Å². The number of likely N-dealkylation sites (N-methyl/N-ethyl adjacent to an activating group) is 1. The highest BCUT2D eigenvalue weighted by Gasteiger charge is 2.44. The third kappa shape index (κ3) is 8.98. The quantitative estimate of drug-likeness (QED) is 0.131. The van der Waals surface area contributed by atoms with E-state index in [0.717, 1.165) is 10.6 Å². The number of hydrogen-bond acceptors (Lipinski definition) is 8. The molecule has 4 N–H and O–H groups in total. The summed E-state index contributed by atoms with van der Waals surface area (Å²) in [5, 5.41) is 25.9. The SMILES string of the molecule is CC/C(C)=C/C(=O)N1CCC[C@@](NC)(C(=O)NC(C=O)CCCN(O)C(=O)/C=C(\C)CCO)O1. The van der Waals surface area contributed by atoms with Gasteiger partial charge >= 0.3 is 0 Å². The minimum absolute atomic E-state index is 0.0407. The standard InChI is InChI=1S/C23H38N4O7/c1-5-17(2)14-21(31)27-12-7-10-23(24-4,34-27)22(32)25-19(16-29)8-6-11-26(33)20(30)15-18(3)9-13-28/h14-16,19,24,28,33H,5-13H2,1-4H3,(H,25,32)/b17-14+,18-15+/t19?,23-/m0/s1. The number of hydroxylamine groups is 4. The Morgan fingerprint density at radius 1 is 1.24 bits per heavy atom. The lowest BCUT2D eigenvalue weighted by molar-refractivity contribution is -0.259. The largest absolute Gasteiger partial charge is 0.396 e. The van der Waals surface area contributed by atoms with E-state index >= 15 is 0 Å². The van der Waals surface area contributed by atoms with Crippen molar-refractivity contribution in [3.63, 3.8) is 0 Å². The van der Waals surface area contributed by atoms with Crippen LogP contribution >= 0.6 is 0 Å². The Kier molecular flexibility index (Phi) is 12.7. The molecule has 0 aromatic rings. The number of aliphatic hydroxyl groups excluding tert-OH is 1. The Balaban J connectivity index is 2.70. The number of aliphatic hydroxyl groups is 1. The van der Waals surface area contributed by atoms with Crippen LogP contribution in [0.3, 0.4) is 0 Å². The van der Waals surface area contributed by atoms with Crippen LogP contribution in [0.5, 0.6) is 0 Å². The lowest BCUT2D eigenvalue weighted by Gasteiger charge is -2.40. The summed E-state index contributed by atoms with van der Waals surface area (Å²) >= 11 is 0. The van der Waals surface area contributed by atoms with Gasteiger partial charge in [-0.15, -0.1) is 0 Å². The molecule has 1 aliphatic rings. The third-order valence-electron chi connectivity index (χ3n) is 5.60. The van der Waals surface area contributed by atoms with Crippen LogP contribution in [-0.2, 0) is 24.0 Å². The van der Waals surface area contributed by atoms with Gasteiger partial charge in [-0.2, -0.15) is 0 Å². The van der Waals surface area contributed by atoms with E-state index in [1.807, 2.05) is 13.8 Å². The van der Waals surface area contributed by atoms with E-state index in [0.29, 0.717) is 49.2 Å². The molecular formula is C23H38N4O7. The van der Waals surface area contributed by atoms with Gasteiger partial charge in [-0.05, 0) is 53.0 Å². The molecule has 0 spiro atoms. The highest BCUT2D eigenvalue weighted by atomic mass is 16.7. The van der Waals surface area contributed by atoms with Crippen molar-refractivity contribution in [3.05, 3.63) is 23.3 Å². The molecule has 11 nitrogen and oxygen atoms in total. The third-order valence-corrected chi connectivity index (χ3v) is 5.60. The summed E-state index contributed by atoms with van der Waals surface area (Å²) in [7, 11) is 1.54. The van der Waals surface area contributed by atoms with Crippen LogP contribution in [0.4, 0.5) is 0 Å². The van der Waals surface area contributed by atoms with Crippen LogP contribution in [0.25, 0.3) is 0 Å². The fourth-order valence-electron chi connectivity index (χ4n) is 3.29. The van der Waals surface area contributed by atoms with Crippen molar-refractivity contribution in [1.29, 1.82) is 0 Å². The van der Waals surface area contributed by atoms with Crippen molar-refractivity contribution in [1.82, 2.24) is 20.8 Å². The summed E-state index contributed by atoms with van der Waals surface area (Å²) in [6.07, 6.45) is 5.58. The number of allylic oxidation sites excluding steroid dienone is 1. The maximum atomic E-state index is 13.0. The number of nitrogens with zero attached hydrogens (tertiary/aromatic N) is 2. The van der Waals surface area contributed by atoms with Gasteiger partial charge in [0.2, 0.25) is 5.72 Å². The van der Waals surface area contributed by atoms with E-state index in [2.05, 4.69) is 10.6 Å². The highest BCUT2D eigenvalue weighted by Crippen LogP contribution is 2.24. The molecule has 1 unspecified atom stereocenters. The van der Waals surface area contributed by atoms with Crippen molar-refractivity contribution >= 4 is 24.0 Å². The van der Waals surface area contributed by atoms with Crippen molar-refractivity contribution < 1.29 is 34.3 Å². The summed E-state index contributed by atoms with van der Waals surface area (Å²) in [5.41, 5.74) is 0.00869. The Bertz CT molecular complexity index is 783. The first kappa shape index (κ1) is 29.4. The van der Waals surface area contributed by atoms with E-state index in [9.17, 15) is 24.4 Å². The molecule has 0 aromatic carbocycles. The molecule has 0 saturated carbocycles. The molecule has 1 aliphatic heterocycles. The first-order valence-corrected chi connectivity index (χ1v) is 11.5. The van der Waals surface area contributed by atoms with Crippen molar-refractivity contribution in [2.24, 2.45) is 0 Å². The van der Waals surface area contributed by atoms with Crippen molar-refractivity contribution in [2.75, 3.05) is 26.7 Å². The number of rotatable bonds is 13. The Morgan fingerprint density at radius 2 is 1.94 bits per heavy atom. The fourth-order valence-corrected chi connectivity index (χ4v) is 3.29. The summed E-state index contributed by atoms with van der Waals surface area (Å²) in [4.78, 5) is 54.7. The Morgan fingerprint density at radius 3 is 2.53 bits per heavy atom. The predicted molar refractivity (Wildman–Crippen MR) is 124 cm³/mol. The van der Waals surface area contributed by atoms with Gasteiger partial charge in [0, 0.05) is 38.3 Å². The van der Waals surface area contributed by atoms with Crippen LogP contribution in [0, 0.1) is 0 Å². The van der Waals surface area contributed by atoms with E-state index in [1.54, 1.807) is 6.92 Å². The molecule has 1 saturated heterocycles. The first-order valence-electron chi connectivity index (χ1n) is 11.5. The number of aldehydes is 1. The average Bonchev–Trinajstić information content (AvgIpc) is 2.82. The first-order chi connectivity index (χ1) is 16.1. The maximum Gasteiger partial charge on any atom is 0.270 e. The second kappa shape index (κ2) is 14.6. The normalized spacial score (nSPS) is 20.0. The van der Waals surface area contributed by atoms with Crippen LogP contribution in [0.15, 0.2) is 23.3 Å². The maximum absolute atomic E-state index is 13.0. The molecule has 0 bridgehead atoms. The lowest BCUT2D eigenvalue weighted by atomic mass is 10.0. The molecule has 1 rings (SSSR count). The van der Waals surface area contributed by atoms with E-state index < -0.39 is 23.6 Å². The van der Waals surface area contributed by atoms with Gasteiger partial charge in [0.15, 0.2) is 0 Å². The summed E-state index contributed by atoms with van der Waals surface area (Å²) < 4.78 is 0. The molecule has 2 atom stereocenters. The average molecular weight is 483 g/mol. The van der Waals surface area contributed by atoms with Crippen LogP contribution in [0.2, 0.25) is 0 Å². The van der Waals surface area contributed by atoms with Gasteiger partial charge in [-0.3, -0.25) is 24.9 Å². The van der Waals surface area contributed by atoms with Gasteiger partial charge in [0.05, 0.1) is 6.04 Å². The van der Waals surface area contributed by atoms with E-state index in [4.69, 9.17) is 9.94 Å². The highest BCUT2D eigenvalue weighted by molar-refractivity contribution is 5.90. The minimum atomic E-state index is -1.50. The van der Waals surface area contributed by atoms with Gasteiger partial charge in [-0.25, -0.2) is 15.0 Å². The minimum Gasteiger partial charge on any atom is -0.396 e. The van der Waals surface area contributed by atoms with Gasteiger partial charge in [-0.1, -0.05) is 18.1 Å². The van der Waals surface area contributed by atoms with Crippen LogP contribution in [-0.4, -0.2) is 83.0 Å². The summed E-state index contributed by atoms with van der Waals surface area (Å²) in [6, 6.07) is -0.871. The van der Waals surface area contributed by atoms with E-state index in [-0.39, 0.29) is 31.9 Å². The van der Waals surface area contributed by atoms with E-state index in [1.165, 1.54) is 19.2 Å². The zero-order chi connectivity index (χ0) is 25.7. The van der Waals surface area contributed by atoms with Gasteiger partial charge in [0.25, 0.3) is 17.7 Å². The molecule has 1 fully saturated rings. The second-order valence-electron chi connectivity index (χ2n) is 8.34. The molecule has 34 heavy (non-hydrogen) atoms. The molecule has 0 aromatic heterocycles. The topological polar surface area (TPSA) is 149 Å². The summed E-state index contributed by atoms with van der Waals surface area (Å²) in [5.74, 6) is -1.56. The molecular weight excluding hydrogens is 444 g/mol. The second-order valence-corrected chi connectivity index (χ2v) is 8.34. The smallest absolute Gasteiger partial charge is 0.270 e. The zero-order valence-corrected chi connectivity index (χ0v) is 20.5. The fraction of sp³-hybridized carbons (Fsp3) is 0.652. The Labute approximate surface area is 200 Å². The summed E-state index contributed by atoms with van der Waals surface area (Å²) in [6.45, 7) is 5.64. The monoisotopic (exact) mass is 482 g/mol. The van der Waals surface area contributed by atoms with Crippen molar-refractivity contribution in [3.8, 4) is 0 Å². The molecule has 11 heteroatoms. The van der Waals surface area contributed by atoms with Crippen LogP contribution in [0.1, 0.15) is 59.3 Å². The zero-order valence-electron chi connectivity index (χ0n) is 20.5. The molecule has 3 amide bonds. The Hall–Kier alpha value is -2.60. The lowest BCUT2D eigenvalue weighted by Crippen LogP contribution is -2.64. The van der Waals surface area contributed by atoms with Gasteiger partial charge in [0.1, 0.15) is 6.29 Å².